The lowest BCUT2D eigenvalue weighted by Crippen LogP contribution is -2.24. The van der Waals surface area contributed by atoms with Crippen LogP contribution in [0.15, 0.2) is 48.5 Å². The largest absolute Gasteiger partial charge is 0.484 e. The molecule has 0 saturated carbocycles. The second-order valence-corrected chi connectivity index (χ2v) is 5.39. The molecule has 2 aromatic carbocycles. The summed E-state index contributed by atoms with van der Waals surface area (Å²) in [7, 11) is 0. The van der Waals surface area contributed by atoms with Crippen molar-refractivity contribution in [1.29, 1.82) is 0 Å². The molecule has 0 heterocycles. The minimum atomic E-state index is -4.41. The van der Waals surface area contributed by atoms with Crippen LogP contribution in [0.25, 0.3) is 0 Å². The summed E-state index contributed by atoms with van der Waals surface area (Å²) in [4.78, 5) is 22.3. The van der Waals surface area contributed by atoms with Gasteiger partial charge in [-0.05, 0) is 17.7 Å². The number of nitro benzene ring substituents is 1. The first-order chi connectivity index (χ1) is 12.2. The zero-order valence-corrected chi connectivity index (χ0v) is 13.5. The highest BCUT2D eigenvalue weighted by Crippen LogP contribution is 2.19. The minimum absolute atomic E-state index is 0.0670. The Morgan fingerprint density at radius 1 is 1.12 bits per heavy atom. The van der Waals surface area contributed by atoms with Gasteiger partial charge in [-0.25, -0.2) is 0 Å². The summed E-state index contributed by atoms with van der Waals surface area (Å²) >= 11 is 0. The van der Waals surface area contributed by atoms with Crippen LogP contribution in [0.4, 0.5) is 18.9 Å². The molecule has 0 atom stereocenters. The minimum Gasteiger partial charge on any atom is -0.484 e. The smallest absolute Gasteiger partial charge is 0.422 e. The molecule has 0 saturated heterocycles. The highest BCUT2D eigenvalue weighted by molar-refractivity contribution is 5.79. The normalized spacial score (nSPS) is 11.0. The number of hydrogen-bond acceptors (Lipinski definition) is 4. The number of nitro groups is 1. The number of para-hydroxylation sites is 1. The van der Waals surface area contributed by atoms with Gasteiger partial charge in [0.1, 0.15) is 5.75 Å². The van der Waals surface area contributed by atoms with Crippen LogP contribution in [-0.2, 0) is 17.8 Å². The van der Waals surface area contributed by atoms with Crippen molar-refractivity contribution in [3.05, 3.63) is 69.8 Å². The third-order valence-electron chi connectivity index (χ3n) is 3.35. The van der Waals surface area contributed by atoms with Crippen LogP contribution in [0, 0.1) is 10.1 Å². The van der Waals surface area contributed by atoms with Crippen molar-refractivity contribution in [2.45, 2.75) is 19.1 Å². The van der Waals surface area contributed by atoms with Crippen LogP contribution in [0.1, 0.15) is 11.1 Å². The summed E-state index contributed by atoms with van der Waals surface area (Å²) in [6.07, 6.45) is -4.56. The molecule has 2 rings (SSSR count). The van der Waals surface area contributed by atoms with E-state index >= 15 is 0 Å². The number of hydrogen-bond donors (Lipinski definition) is 1. The maximum absolute atomic E-state index is 12.1. The molecule has 0 aliphatic rings. The molecule has 138 valence electrons. The van der Waals surface area contributed by atoms with Crippen molar-refractivity contribution < 1.29 is 27.6 Å². The van der Waals surface area contributed by atoms with E-state index in [1.165, 1.54) is 42.5 Å². The van der Waals surface area contributed by atoms with E-state index in [4.69, 9.17) is 0 Å². The lowest BCUT2D eigenvalue weighted by molar-refractivity contribution is -0.385. The first-order valence-corrected chi connectivity index (χ1v) is 7.52. The average molecular weight is 368 g/mol. The van der Waals surface area contributed by atoms with Crippen LogP contribution < -0.4 is 10.1 Å². The summed E-state index contributed by atoms with van der Waals surface area (Å²) in [5.74, 6) is -0.339. The van der Waals surface area contributed by atoms with E-state index in [9.17, 15) is 28.1 Å². The molecule has 0 spiro atoms. The maximum atomic E-state index is 12.1. The Kier molecular flexibility index (Phi) is 6.16. The van der Waals surface area contributed by atoms with E-state index in [0.717, 1.165) is 0 Å². The Balaban J connectivity index is 1.87. The van der Waals surface area contributed by atoms with Crippen molar-refractivity contribution >= 4 is 11.6 Å². The van der Waals surface area contributed by atoms with Crippen molar-refractivity contribution in [2.75, 3.05) is 6.61 Å². The van der Waals surface area contributed by atoms with Gasteiger partial charge in [-0.15, -0.1) is 0 Å². The van der Waals surface area contributed by atoms with Crippen molar-refractivity contribution in [3.63, 3.8) is 0 Å². The van der Waals surface area contributed by atoms with Crippen molar-refractivity contribution in [1.82, 2.24) is 5.32 Å². The first kappa shape index (κ1) is 19.2. The fraction of sp³-hybridized carbons (Fsp3) is 0.235. The number of nitrogens with one attached hydrogen (secondary N) is 1. The number of amides is 1. The zero-order valence-electron chi connectivity index (χ0n) is 13.5. The number of nitrogens with zero attached hydrogens (tertiary/aromatic N) is 1. The number of halogens is 3. The van der Waals surface area contributed by atoms with Gasteiger partial charge in [0.15, 0.2) is 6.61 Å². The van der Waals surface area contributed by atoms with Gasteiger partial charge in [-0.2, -0.15) is 13.2 Å². The topological polar surface area (TPSA) is 81.5 Å². The Labute approximate surface area is 146 Å². The molecule has 0 fully saturated rings. The summed E-state index contributed by atoms with van der Waals surface area (Å²) < 4.78 is 40.8. The van der Waals surface area contributed by atoms with E-state index in [1.807, 2.05) is 0 Å². The lowest BCUT2D eigenvalue weighted by Gasteiger charge is -2.10. The Bertz CT molecular complexity index is 776. The van der Waals surface area contributed by atoms with Crippen LogP contribution in [0.2, 0.25) is 0 Å². The third kappa shape index (κ3) is 6.08. The molecule has 6 nitrogen and oxygen atoms in total. The molecular weight excluding hydrogens is 353 g/mol. The Morgan fingerprint density at radius 2 is 1.77 bits per heavy atom. The van der Waals surface area contributed by atoms with E-state index < -0.39 is 23.6 Å². The molecule has 9 heteroatoms. The Morgan fingerprint density at radius 3 is 2.38 bits per heavy atom. The quantitative estimate of drug-likeness (QED) is 0.600. The molecular formula is C17H15F3N2O4. The zero-order chi connectivity index (χ0) is 19.2. The van der Waals surface area contributed by atoms with Gasteiger partial charge in [-0.3, -0.25) is 14.9 Å². The summed E-state index contributed by atoms with van der Waals surface area (Å²) in [6, 6.07) is 11.7. The molecule has 0 aromatic heterocycles. The highest BCUT2D eigenvalue weighted by Gasteiger charge is 2.28. The number of rotatable bonds is 7. The highest BCUT2D eigenvalue weighted by atomic mass is 19.4. The average Bonchev–Trinajstić information content (AvgIpc) is 2.58. The molecule has 0 radical (unpaired) electrons. The molecule has 26 heavy (non-hydrogen) atoms. The molecule has 0 unspecified atom stereocenters. The van der Waals surface area contributed by atoms with Crippen LogP contribution >= 0.6 is 0 Å². The first-order valence-electron chi connectivity index (χ1n) is 7.52. The number of benzene rings is 2. The van der Waals surface area contributed by atoms with Gasteiger partial charge in [0, 0.05) is 18.2 Å². The Hall–Kier alpha value is -3.10. The molecule has 0 bridgehead atoms. The summed E-state index contributed by atoms with van der Waals surface area (Å²) in [5.41, 5.74) is 0.819. The molecule has 1 amide bonds. The SMILES string of the molecule is O=C(Cc1ccccc1[N+](=O)[O-])NCc1ccc(OCC(F)(F)F)cc1. The van der Waals surface area contributed by atoms with Gasteiger partial charge < -0.3 is 10.1 Å². The van der Waals surface area contributed by atoms with E-state index in [-0.39, 0.29) is 24.4 Å². The molecule has 2 aromatic rings. The molecule has 0 aliphatic carbocycles. The predicted molar refractivity (Wildman–Crippen MR) is 86.6 cm³/mol. The summed E-state index contributed by atoms with van der Waals surface area (Å²) in [5, 5.41) is 13.5. The van der Waals surface area contributed by atoms with E-state index in [2.05, 4.69) is 10.1 Å². The van der Waals surface area contributed by atoms with Crippen LogP contribution in [0.3, 0.4) is 0 Å². The van der Waals surface area contributed by atoms with Gasteiger partial charge >= 0.3 is 6.18 Å². The van der Waals surface area contributed by atoms with Crippen molar-refractivity contribution in [2.24, 2.45) is 0 Å². The van der Waals surface area contributed by atoms with Gasteiger partial charge in [0.2, 0.25) is 5.91 Å². The molecule has 1 N–H and O–H groups in total. The number of carbonyl (C=O) groups excluding carboxylic acids is 1. The number of ether oxygens (including phenoxy) is 1. The monoisotopic (exact) mass is 368 g/mol. The lowest BCUT2D eigenvalue weighted by atomic mass is 10.1. The standard InChI is InChI=1S/C17H15F3N2O4/c18-17(19,20)11-26-14-7-5-12(6-8-14)10-21-16(23)9-13-3-1-2-4-15(13)22(24)25/h1-8H,9-11H2,(H,21,23). The fourth-order valence-electron chi connectivity index (χ4n) is 2.14. The van der Waals surface area contributed by atoms with Crippen LogP contribution in [-0.4, -0.2) is 23.6 Å². The van der Waals surface area contributed by atoms with Gasteiger partial charge in [-0.1, -0.05) is 30.3 Å². The molecule has 0 aliphatic heterocycles. The second kappa shape index (κ2) is 8.32. The van der Waals surface area contributed by atoms with Gasteiger partial charge in [0.25, 0.3) is 5.69 Å². The van der Waals surface area contributed by atoms with E-state index in [0.29, 0.717) is 11.1 Å². The number of carbonyl (C=O) groups is 1. The summed E-state index contributed by atoms with van der Waals surface area (Å²) in [6.45, 7) is -1.24. The van der Waals surface area contributed by atoms with Crippen molar-refractivity contribution in [3.8, 4) is 5.75 Å². The van der Waals surface area contributed by atoms with Gasteiger partial charge in [0.05, 0.1) is 11.3 Å². The van der Waals surface area contributed by atoms with E-state index in [1.54, 1.807) is 6.07 Å². The predicted octanol–water partition coefficient (Wildman–Crippen LogP) is 3.39. The van der Waals surface area contributed by atoms with Crippen LogP contribution in [0.5, 0.6) is 5.75 Å². The third-order valence-corrected chi connectivity index (χ3v) is 3.35. The fourth-order valence-corrected chi connectivity index (χ4v) is 2.14. The maximum Gasteiger partial charge on any atom is 0.422 e. The second-order valence-electron chi connectivity index (χ2n) is 5.39. The number of alkyl halides is 3.